The fourth-order valence-electron chi connectivity index (χ4n) is 4.78. The lowest BCUT2D eigenvalue weighted by Gasteiger charge is -2.37. The van der Waals surface area contributed by atoms with Crippen molar-refractivity contribution in [3.05, 3.63) is 0 Å². The largest absolute Gasteiger partial charge is 0.392 e. The van der Waals surface area contributed by atoms with E-state index >= 15 is 0 Å². The second-order valence-corrected chi connectivity index (χ2v) is 11.1. The summed E-state index contributed by atoms with van der Waals surface area (Å²) in [7, 11) is -3.42. The molecule has 2 aliphatic rings. The maximum atomic E-state index is 13.5. The Kier molecular flexibility index (Phi) is 8.60. The van der Waals surface area contributed by atoms with Crippen LogP contribution in [0.4, 0.5) is 4.39 Å². The Bertz CT molecular complexity index is 720. The van der Waals surface area contributed by atoms with Crippen LogP contribution in [0, 0.1) is 17.8 Å². The number of alkyl halides is 1. The van der Waals surface area contributed by atoms with Crippen LogP contribution in [-0.2, 0) is 19.4 Å². The van der Waals surface area contributed by atoms with Gasteiger partial charge in [-0.1, -0.05) is 0 Å². The topological polar surface area (TPSA) is 167 Å². The number of primary amides is 1. The van der Waals surface area contributed by atoms with E-state index < -0.39 is 69.8 Å². The highest BCUT2D eigenvalue weighted by Crippen LogP contribution is 2.33. The molecule has 0 bridgehead atoms. The Hall–Kier alpha value is -1.30. The standard InChI is InChI=1S/C19H33FN2O7S/c1-30(28,29)16-5-3-11(8-15(16)24)18(26)13(9-20)22-17(25)7-10-2-4-12(19(21)27)14(23)6-10/h10-16,18,23-24,26H,2-9H2,1H3,(H2,21,27)(H,22,25)/t10?,11?,12?,13-,14?,15?,16?,18-/m1/s1. The van der Waals surface area contributed by atoms with Gasteiger partial charge in [0.25, 0.3) is 0 Å². The van der Waals surface area contributed by atoms with Crippen LogP contribution in [-0.4, -0.2) is 78.1 Å². The van der Waals surface area contributed by atoms with Gasteiger partial charge in [0.05, 0.1) is 35.5 Å². The maximum absolute atomic E-state index is 13.5. The number of nitrogens with two attached hydrogens (primary N) is 1. The monoisotopic (exact) mass is 452 g/mol. The summed E-state index contributed by atoms with van der Waals surface area (Å²) in [5, 5.41) is 32.3. The van der Waals surface area contributed by atoms with Crippen molar-refractivity contribution in [3.63, 3.8) is 0 Å². The number of nitrogens with one attached hydrogen (secondary N) is 1. The van der Waals surface area contributed by atoms with Crippen LogP contribution in [0.2, 0.25) is 0 Å². The SMILES string of the molecule is CS(=O)(=O)C1CCC([C@@H](O)[C@@H](CF)NC(=O)CC2CCC(C(N)=O)C(O)C2)CC1O. The first kappa shape index (κ1) is 25.0. The quantitative estimate of drug-likeness (QED) is 0.316. The highest BCUT2D eigenvalue weighted by atomic mass is 32.2. The summed E-state index contributed by atoms with van der Waals surface area (Å²) in [5.41, 5.74) is 5.24. The van der Waals surface area contributed by atoms with Gasteiger partial charge in [0, 0.05) is 12.7 Å². The minimum Gasteiger partial charge on any atom is -0.392 e. The van der Waals surface area contributed by atoms with Gasteiger partial charge in [-0.15, -0.1) is 0 Å². The number of hydrogen-bond acceptors (Lipinski definition) is 7. The molecule has 11 heteroatoms. The molecule has 0 radical (unpaired) electrons. The van der Waals surface area contributed by atoms with Crippen molar-refractivity contribution < 1.29 is 37.7 Å². The van der Waals surface area contributed by atoms with E-state index in [9.17, 15) is 37.7 Å². The Balaban J connectivity index is 1.87. The molecule has 6 unspecified atom stereocenters. The molecule has 2 aliphatic carbocycles. The molecular weight excluding hydrogens is 419 g/mol. The first-order valence-corrected chi connectivity index (χ1v) is 12.3. The highest BCUT2D eigenvalue weighted by molar-refractivity contribution is 7.91. The fourth-order valence-corrected chi connectivity index (χ4v) is 6.03. The minimum atomic E-state index is -3.42. The minimum absolute atomic E-state index is 0.00853. The number of aliphatic hydroxyl groups is 3. The van der Waals surface area contributed by atoms with E-state index in [1.165, 1.54) is 0 Å². The zero-order valence-electron chi connectivity index (χ0n) is 17.1. The molecule has 0 saturated heterocycles. The average Bonchev–Trinajstić information content (AvgIpc) is 2.64. The summed E-state index contributed by atoms with van der Waals surface area (Å²) in [4.78, 5) is 23.6. The highest BCUT2D eigenvalue weighted by Gasteiger charge is 2.40. The molecule has 6 N–H and O–H groups in total. The van der Waals surface area contributed by atoms with Gasteiger partial charge in [-0.05, 0) is 50.4 Å². The van der Waals surface area contributed by atoms with E-state index in [4.69, 9.17) is 5.73 Å². The van der Waals surface area contributed by atoms with Crippen molar-refractivity contribution in [3.8, 4) is 0 Å². The molecule has 30 heavy (non-hydrogen) atoms. The van der Waals surface area contributed by atoms with E-state index in [1.54, 1.807) is 0 Å². The fraction of sp³-hybridized carbons (Fsp3) is 0.895. The number of rotatable bonds is 8. The number of carbonyl (C=O) groups is 2. The lowest BCUT2D eigenvalue weighted by Crippen LogP contribution is -2.51. The summed E-state index contributed by atoms with van der Waals surface area (Å²) in [5.74, 6) is -2.39. The van der Waals surface area contributed by atoms with Crippen LogP contribution in [0.25, 0.3) is 0 Å². The van der Waals surface area contributed by atoms with Crippen LogP contribution >= 0.6 is 0 Å². The van der Waals surface area contributed by atoms with Crippen molar-refractivity contribution in [2.24, 2.45) is 23.5 Å². The van der Waals surface area contributed by atoms with Gasteiger partial charge in [-0.2, -0.15) is 0 Å². The number of sulfone groups is 1. The van der Waals surface area contributed by atoms with Gasteiger partial charge in [0.1, 0.15) is 6.67 Å². The molecule has 9 nitrogen and oxygen atoms in total. The normalized spacial score (nSPS) is 34.7. The number of halogens is 1. The van der Waals surface area contributed by atoms with E-state index in [0.29, 0.717) is 19.3 Å². The summed E-state index contributed by atoms with van der Waals surface area (Å²) in [6.45, 7) is -1.01. The van der Waals surface area contributed by atoms with Crippen molar-refractivity contribution >= 4 is 21.7 Å². The molecule has 2 rings (SSSR count). The first-order chi connectivity index (χ1) is 13.9. The molecule has 174 valence electrons. The summed E-state index contributed by atoms with van der Waals surface area (Å²) in [6, 6.07) is -1.17. The lowest BCUT2D eigenvalue weighted by atomic mass is 9.78. The Morgan fingerprint density at radius 2 is 1.80 bits per heavy atom. The van der Waals surface area contributed by atoms with E-state index in [-0.39, 0.29) is 31.6 Å². The van der Waals surface area contributed by atoms with Crippen LogP contribution < -0.4 is 11.1 Å². The third kappa shape index (κ3) is 6.35. The zero-order valence-corrected chi connectivity index (χ0v) is 17.9. The predicted molar refractivity (Wildman–Crippen MR) is 107 cm³/mol. The number of aliphatic hydroxyl groups excluding tert-OH is 3. The molecule has 0 spiro atoms. The van der Waals surface area contributed by atoms with E-state index in [1.807, 2.05) is 0 Å². The Morgan fingerprint density at radius 1 is 1.13 bits per heavy atom. The molecule has 2 fully saturated rings. The van der Waals surface area contributed by atoms with Crippen LogP contribution in [0.1, 0.15) is 44.9 Å². The molecule has 2 amide bonds. The smallest absolute Gasteiger partial charge is 0.223 e. The van der Waals surface area contributed by atoms with Gasteiger partial charge in [0.2, 0.25) is 11.8 Å². The predicted octanol–water partition coefficient (Wildman–Crippen LogP) is -0.972. The third-order valence-corrected chi connectivity index (χ3v) is 8.17. The van der Waals surface area contributed by atoms with Crippen molar-refractivity contribution in [2.75, 3.05) is 12.9 Å². The second-order valence-electron chi connectivity index (χ2n) is 8.79. The Morgan fingerprint density at radius 3 is 2.30 bits per heavy atom. The number of carbonyl (C=O) groups excluding carboxylic acids is 2. The Labute approximate surface area is 176 Å². The van der Waals surface area contributed by atoms with Gasteiger partial charge in [-0.25, -0.2) is 12.8 Å². The van der Waals surface area contributed by atoms with Crippen LogP contribution in [0.5, 0.6) is 0 Å². The van der Waals surface area contributed by atoms with Crippen molar-refractivity contribution in [1.29, 1.82) is 0 Å². The van der Waals surface area contributed by atoms with Gasteiger partial charge in [0.15, 0.2) is 9.84 Å². The molecule has 0 aliphatic heterocycles. The molecular formula is C19H33FN2O7S. The molecule has 0 heterocycles. The van der Waals surface area contributed by atoms with Crippen LogP contribution in [0.15, 0.2) is 0 Å². The van der Waals surface area contributed by atoms with E-state index in [2.05, 4.69) is 5.32 Å². The van der Waals surface area contributed by atoms with E-state index in [0.717, 1.165) is 6.26 Å². The molecule has 0 aromatic carbocycles. The molecule has 0 aromatic rings. The summed E-state index contributed by atoms with van der Waals surface area (Å²) in [6.07, 6.45) is -0.625. The number of hydrogen-bond donors (Lipinski definition) is 5. The van der Waals surface area contributed by atoms with Crippen molar-refractivity contribution in [2.45, 2.75) is 74.5 Å². The third-order valence-electron chi connectivity index (χ3n) is 6.52. The van der Waals surface area contributed by atoms with Gasteiger partial charge >= 0.3 is 0 Å². The first-order valence-electron chi connectivity index (χ1n) is 10.3. The molecule has 2 saturated carbocycles. The van der Waals surface area contributed by atoms with Crippen molar-refractivity contribution in [1.82, 2.24) is 5.32 Å². The maximum Gasteiger partial charge on any atom is 0.223 e. The lowest BCUT2D eigenvalue weighted by molar-refractivity contribution is -0.128. The zero-order chi connectivity index (χ0) is 22.6. The summed E-state index contributed by atoms with van der Waals surface area (Å²) < 4.78 is 36.9. The van der Waals surface area contributed by atoms with Gasteiger partial charge < -0.3 is 26.4 Å². The number of amides is 2. The summed E-state index contributed by atoms with van der Waals surface area (Å²) >= 11 is 0. The molecule has 0 aromatic heterocycles. The molecule has 8 atom stereocenters. The average molecular weight is 453 g/mol. The van der Waals surface area contributed by atoms with Gasteiger partial charge in [-0.3, -0.25) is 9.59 Å². The second kappa shape index (κ2) is 10.3. The van der Waals surface area contributed by atoms with Crippen LogP contribution in [0.3, 0.4) is 0 Å².